The number of ketones is 1. The number of nitrogens with zero attached hydrogens (tertiary/aromatic N) is 1. The van der Waals surface area contributed by atoms with E-state index < -0.39 is 0 Å². The van der Waals surface area contributed by atoms with Gasteiger partial charge in [-0.25, -0.2) is 4.98 Å². The fourth-order valence-electron chi connectivity index (χ4n) is 2.41. The van der Waals surface area contributed by atoms with Crippen molar-refractivity contribution in [1.29, 1.82) is 0 Å². The van der Waals surface area contributed by atoms with Crippen molar-refractivity contribution in [3.05, 3.63) is 35.7 Å². The van der Waals surface area contributed by atoms with Crippen molar-refractivity contribution in [1.82, 2.24) is 4.98 Å². The van der Waals surface area contributed by atoms with E-state index in [-0.39, 0.29) is 5.78 Å². The lowest BCUT2D eigenvalue weighted by atomic mass is 9.90. The van der Waals surface area contributed by atoms with E-state index in [9.17, 15) is 4.79 Å². The molecule has 1 heterocycles. The van der Waals surface area contributed by atoms with Crippen LogP contribution in [-0.2, 0) is 6.42 Å². The van der Waals surface area contributed by atoms with Gasteiger partial charge in [0, 0.05) is 17.5 Å². The second kappa shape index (κ2) is 4.77. The molecule has 0 fully saturated rings. The minimum Gasteiger partial charge on any atom is -0.496 e. The lowest BCUT2D eigenvalue weighted by molar-refractivity contribution is 0.0966. The number of hydrogen-bond acceptors (Lipinski definition) is 3. The van der Waals surface area contributed by atoms with Gasteiger partial charge in [-0.3, -0.25) is 4.79 Å². The van der Waals surface area contributed by atoms with Gasteiger partial charge in [0.05, 0.1) is 12.8 Å². The molecule has 1 aromatic heterocycles. The van der Waals surface area contributed by atoms with Crippen molar-refractivity contribution >= 4 is 17.4 Å². The Balaban J connectivity index is 2.80. The van der Waals surface area contributed by atoms with Crippen LogP contribution in [0.4, 0.5) is 0 Å². The first-order chi connectivity index (χ1) is 8.60. The van der Waals surface area contributed by atoms with Gasteiger partial charge in [-0.15, -0.1) is 0 Å². The van der Waals surface area contributed by atoms with E-state index in [1.807, 2.05) is 6.92 Å². The SMILES string of the molecule is C=Cc1nc2c(c(OC)c1C(=C)C)CCCC2=O. The molecular weight excluding hydrogens is 226 g/mol. The first-order valence-electron chi connectivity index (χ1n) is 6.02. The Hall–Kier alpha value is -1.90. The second-order valence-corrected chi connectivity index (χ2v) is 4.49. The Morgan fingerprint density at radius 1 is 1.44 bits per heavy atom. The summed E-state index contributed by atoms with van der Waals surface area (Å²) in [6.07, 6.45) is 3.89. The van der Waals surface area contributed by atoms with Crippen LogP contribution in [0.1, 0.15) is 47.1 Å². The Morgan fingerprint density at radius 3 is 2.72 bits per heavy atom. The summed E-state index contributed by atoms with van der Waals surface area (Å²) in [5, 5.41) is 0. The first kappa shape index (κ1) is 12.6. The van der Waals surface area contributed by atoms with Crippen molar-refractivity contribution in [2.24, 2.45) is 0 Å². The Labute approximate surface area is 107 Å². The summed E-state index contributed by atoms with van der Waals surface area (Å²) in [6.45, 7) is 9.62. The van der Waals surface area contributed by atoms with Crippen molar-refractivity contribution < 1.29 is 9.53 Å². The van der Waals surface area contributed by atoms with Gasteiger partial charge in [-0.05, 0) is 31.4 Å². The third-order valence-corrected chi connectivity index (χ3v) is 3.19. The molecular formula is C15H17NO2. The standard InChI is InChI=1S/C15H17NO2/c1-5-11-13(9(2)3)15(18-4)10-7-6-8-12(17)14(10)16-11/h5H,1-2,6-8H2,3-4H3. The molecule has 1 aliphatic carbocycles. The molecule has 2 rings (SSSR count). The fourth-order valence-corrected chi connectivity index (χ4v) is 2.41. The molecule has 1 aromatic rings. The van der Waals surface area contributed by atoms with E-state index in [4.69, 9.17) is 4.74 Å². The first-order valence-corrected chi connectivity index (χ1v) is 6.02. The van der Waals surface area contributed by atoms with Crippen LogP contribution in [0.25, 0.3) is 11.6 Å². The van der Waals surface area contributed by atoms with Gasteiger partial charge in [0.2, 0.25) is 0 Å². The number of Topliss-reactive ketones (excluding diaryl/α,β-unsaturated/α-hetero) is 1. The topological polar surface area (TPSA) is 39.2 Å². The molecule has 0 saturated carbocycles. The third kappa shape index (κ3) is 1.86. The molecule has 0 bridgehead atoms. The van der Waals surface area contributed by atoms with Gasteiger partial charge in [0.25, 0.3) is 0 Å². The van der Waals surface area contributed by atoms with E-state index in [2.05, 4.69) is 18.1 Å². The van der Waals surface area contributed by atoms with Gasteiger partial charge in [0.15, 0.2) is 5.78 Å². The van der Waals surface area contributed by atoms with Gasteiger partial charge < -0.3 is 4.74 Å². The minimum atomic E-state index is 0.0888. The van der Waals surface area contributed by atoms with Crippen LogP contribution in [0.5, 0.6) is 5.75 Å². The molecule has 0 aliphatic heterocycles. The fraction of sp³-hybridized carbons (Fsp3) is 0.333. The summed E-state index contributed by atoms with van der Waals surface area (Å²) in [5.41, 5.74) is 3.86. The number of pyridine rings is 1. The number of aromatic nitrogens is 1. The Bertz CT molecular complexity index is 544. The van der Waals surface area contributed by atoms with Crippen molar-refractivity contribution in [3.63, 3.8) is 0 Å². The summed E-state index contributed by atoms with van der Waals surface area (Å²) in [5.74, 6) is 0.821. The molecule has 0 N–H and O–H groups in total. The van der Waals surface area contributed by atoms with Crippen LogP contribution in [0.3, 0.4) is 0 Å². The molecule has 3 heteroatoms. The van der Waals surface area contributed by atoms with E-state index in [1.165, 1.54) is 0 Å². The number of ether oxygens (including phenoxy) is 1. The van der Waals surface area contributed by atoms with Crippen molar-refractivity contribution in [2.45, 2.75) is 26.2 Å². The Kier molecular flexibility index (Phi) is 3.32. The molecule has 0 aromatic carbocycles. The number of allylic oxidation sites excluding steroid dienone is 1. The van der Waals surface area contributed by atoms with E-state index in [0.717, 1.165) is 35.3 Å². The molecule has 94 valence electrons. The summed E-state index contributed by atoms with van der Waals surface area (Å²) in [4.78, 5) is 16.4. The zero-order valence-corrected chi connectivity index (χ0v) is 10.9. The summed E-state index contributed by atoms with van der Waals surface area (Å²) in [6, 6.07) is 0. The molecule has 0 saturated heterocycles. The highest BCUT2D eigenvalue weighted by Gasteiger charge is 2.26. The van der Waals surface area contributed by atoms with Gasteiger partial charge in [0.1, 0.15) is 11.4 Å². The van der Waals surface area contributed by atoms with Crippen molar-refractivity contribution in [2.75, 3.05) is 7.11 Å². The number of methoxy groups -OCH3 is 1. The predicted octanol–water partition coefficient (Wildman–Crippen LogP) is 3.29. The highest BCUT2D eigenvalue weighted by Crippen LogP contribution is 2.36. The van der Waals surface area contributed by atoms with Crippen LogP contribution in [0.2, 0.25) is 0 Å². The van der Waals surface area contributed by atoms with Gasteiger partial charge >= 0.3 is 0 Å². The third-order valence-electron chi connectivity index (χ3n) is 3.19. The van der Waals surface area contributed by atoms with Crippen LogP contribution in [-0.4, -0.2) is 17.9 Å². The monoisotopic (exact) mass is 243 g/mol. The van der Waals surface area contributed by atoms with Crippen LogP contribution >= 0.6 is 0 Å². The average molecular weight is 243 g/mol. The second-order valence-electron chi connectivity index (χ2n) is 4.49. The quantitative estimate of drug-likeness (QED) is 0.817. The molecule has 0 atom stereocenters. The molecule has 0 radical (unpaired) electrons. The highest BCUT2D eigenvalue weighted by molar-refractivity contribution is 5.98. The molecule has 0 spiro atoms. The lowest BCUT2D eigenvalue weighted by Crippen LogP contribution is -2.16. The van der Waals surface area contributed by atoms with E-state index in [0.29, 0.717) is 17.8 Å². The molecule has 0 unspecified atom stereocenters. The van der Waals surface area contributed by atoms with Crippen LogP contribution < -0.4 is 4.74 Å². The maximum Gasteiger partial charge on any atom is 0.181 e. The maximum atomic E-state index is 11.9. The van der Waals surface area contributed by atoms with Crippen LogP contribution in [0.15, 0.2) is 13.2 Å². The summed E-state index contributed by atoms with van der Waals surface area (Å²) in [7, 11) is 1.62. The number of rotatable bonds is 3. The van der Waals surface area contributed by atoms with E-state index >= 15 is 0 Å². The van der Waals surface area contributed by atoms with Gasteiger partial charge in [-0.1, -0.05) is 13.2 Å². The molecule has 18 heavy (non-hydrogen) atoms. The largest absolute Gasteiger partial charge is 0.496 e. The van der Waals surface area contributed by atoms with Gasteiger partial charge in [-0.2, -0.15) is 0 Å². The smallest absolute Gasteiger partial charge is 0.181 e. The lowest BCUT2D eigenvalue weighted by Gasteiger charge is -2.21. The summed E-state index contributed by atoms with van der Waals surface area (Å²) >= 11 is 0. The maximum absolute atomic E-state index is 11.9. The number of hydrogen-bond donors (Lipinski definition) is 0. The molecule has 1 aliphatic rings. The normalized spacial score (nSPS) is 14.0. The zero-order chi connectivity index (χ0) is 13.3. The van der Waals surface area contributed by atoms with Crippen molar-refractivity contribution in [3.8, 4) is 5.75 Å². The highest BCUT2D eigenvalue weighted by atomic mass is 16.5. The number of carbonyl (C=O) groups excluding carboxylic acids is 1. The predicted molar refractivity (Wildman–Crippen MR) is 72.9 cm³/mol. The Morgan fingerprint density at radius 2 is 2.17 bits per heavy atom. The average Bonchev–Trinajstić information content (AvgIpc) is 2.36. The van der Waals surface area contributed by atoms with Crippen LogP contribution in [0, 0.1) is 0 Å². The zero-order valence-electron chi connectivity index (χ0n) is 10.9. The minimum absolute atomic E-state index is 0.0888. The number of carbonyl (C=O) groups is 1. The molecule has 0 amide bonds. The number of fused-ring (bicyclic) bond motifs is 1. The summed E-state index contributed by atoms with van der Waals surface area (Å²) < 4.78 is 5.50. The van der Waals surface area contributed by atoms with E-state index in [1.54, 1.807) is 13.2 Å². The molecule has 3 nitrogen and oxygen atoms in total.